The van der Waals surface area contributed by atoms with E-state index in [1.54, 1.807) is 45.6 Å². The molecule has 0 heterocycles. The molecular weight excluding hydrogens is 321 g/mol. The van der Waals surface area contributed by atoms with Crippen molar-refractivity contribution in [2.45, 2.75) is 6.61 Å². The first kappa shape index (κ1) is 19.0. The highest BCUT2D eigenvalue weighted by molar-refractivity contribution is 6.61. The van der Waals surface area contributed by atoms with Crippen molar-refractivity contribution in [3.8, 4) is 17.6 Å². The van der Waals surface area contributed by atoms with Crippen LogP contribution in [0.1, 0.15) is 11.1 Å². The molecule has 0 aliphatic carbocycles. The summed E-state index contributed by atoms with van der Waals surface area (Å²) in [5.74, 6) is 1.29. The molecule has 0 saturated heterocycles. The van der Waals surface area contributed by atoms with Gasteiger partial charge in [-0.25, -0.2) is 0 Å². The van der Waals surface area contributed by atoms with E-state index < -0.39 is 7.12 Å². The van der Waals surface area contributed by atoms with Gasteiger partial charge in [-0.15, -0.1) is 0 Å². The Morgan fingerprint density at radius 2 is 1.64 bits per heavy atom. The van der Waals surface area contributed by atoms with Gasteiger partial charge in [-0.05, 0) is 47.4 Å². The summed E-state index contributed by atoms with van der Waals surface area (Å²) in [7, 11) is 4.23. The van der Waals surface area contributed by atoms with Crippen molar-refractivity contribution in [2.75, 3.05) is 28.1 Å². The van der Waals surface area contributed by atoms with Crippen LogP contribution in [-0.4, -0.2) is 35.2 Å². The monoisotopic (exact) mass is 341 g/mol. The van der Waals surface area contributed by atoms with Crippen LogP contribution in [0.2, 0.25) is 0 Å². The van der Waals surface area contributed by atoms with E-state index in [2.05, 4.69) is 6.07 Å². The van der Waals surface area contributed by atoms with Crippen molar-refractivity contribution in [1.29, 1.82) is 5.26 Å². The first-order chi connectivity index (χ1) is 12.2. The fraction of sp³-hybridized carbons (Fsp3) is 0.278. The van der Waals surface area contributed by atoms with E-state index in [4.69, 9.17) is 28.8 Å². The Labute approximate surface area is 148 Å². The van der Waals surface area contributed by atoms with Gasteiger partial charge in [0, 0.05) is 21.3 Å². The molecule has 0 saturated carbocycles. The van der Waals surface area contributed by atoms with Crippen molar-refractivity contribution in [2.24, 2.45) is 0 Å². The van der Waals surface area contributed by atoms with Crippen molar-refractivity contribution in [1.82, 2.24) is 0 Å². The SMILES string of the molecule is COCOCc1cc(Oc2ccc(C#N)cc2)ccc1B(OC)OC. The molecule has 25 heavy (non-hydrogen) atoms. The van der Waals surface area contributed by atoms with Gasteiger partial charge in [-0.2, -0.15) is 5.26 Å². The molecule has 0 bridgehead atoms. The number of hydrogen-bond donors (Lipinski definition) is 0. The van der Waals surface area contributed by atoms with Crippen molar-refractivity contribution >= 4 is 12.6 Å². The van der Waals surface area contributed by atoms with Crippen LogP contribution in [0.5, 0.6) is 11.5 Å². The van der Waals surface area contributed by atoms with Gasteiger partial charge in [0.15, 0.2) is 0 Å². The maximum absolute atomic E-state index is 8.85. The molecular formula is C18H20BNO5. The lowest BCUT2D eigenvalue weighted by atomic mass is 9.76. The quantitative estimate of drug-likeness (QED) is 0.396. The van der Waals surface area contributed by atoms with E-state index in [9.17, 15) is 0 Å². The molecule has 0 unspecified atom stereocenters. The standard InChI is InChI=1S/C18H20BNO5/c1-21-13-24-12-15-10-17(8-9-18(15)19(22-2)23-3)25-16-6-4-14(11-20)5-7-16/h4-10H,12-13H2,1-3H3. The van der Waals surface area contributed by atoms with E-state index in [0.29, 0.717) is 23.7 Å². The van der Waals surface area contributed by atoms with Crippen molar-refractivity contribution < 1.29 is 23.5 Å². The van der Waals surface area contributed by atoms with Crippen molar-refractivity contribution in [3.05, 3.63) is 53.6 Å². The number of rotatable bonds is 9. The van der Waals surface area contributed by atoms with Crippen LogP contribution in [0, 0.1) is 11.3 Å². The van der Waals surface area contributed by atoms with Gasteiger partial charge in [-0.3, -0.25) is 0 Å². The van der Waals surface area contributed by atoms with Gasteiger partial charge in [0.05, 0.1) is 18.2 Å². The first-order valence-electron chi connectivity index (χ1n) is 7.65. The van der Waals surface area contributed by atoms with Crippen LogP contribution in [0.25, 0.3) is 0 Å². The molecule has 0 radical (unpaired) electrons. The maximum Gasteiger partial charge on any atom is 0.493 e. The topological polar surface area (TPSA) is 69.9 Å². The van der Waals surface area contributed by atoms with E-state index in [1.165, 1.54) is 0 Å². The maximum atomic E-state index is 8.85. The Morgan fingerprint density at radius 3 is 2.24 bits per heavy atom. The van der Waals surface area contributed by atoms with Gasteiger partial charge >= 0.3 is 7.12 Å². The molecule has 0 amide bonds. The summed E-state index contributed by atoms with van der Waals surface area (Å²) in [6.45, 7) is 0.516. The number of ether oxygens (including phenoxy) is 3. The van der Waals surface area contributed by atoms with Crippen LogP contribution in [0.3, 0.4) is 0 Å². The summed E-state index contributed by atoms with van der Waals surface area (Å²) < 4.78 is 26.9. The minimum Gasteiger partial charge on any atom is -0.457 e. The summed E-state index contributed by atoms with van der Waals surface area (Å²) in [5.41, 5.74) is 2.31. The highest BCUT2D eigenvalue weighted by Crippen LogP contribution is 2.22. The Hall–Kier alpha value is -2.37. The molecule has 130 valence electrons. The van der Waals surface area contributed by atoms with Crippen LogP contribution in [0.15, 0.2) is 42.5 Å². The molecule has 0 aromatic heterocycles. The second-order valence-electron chi connectivity index (χ2n) is 5.16. The Kier molecular flexibility index (Phi) is 7.45. The molecule has 6 nitrogen and oxygen atoms in total. The summed E-state index contributed by atoms with van der Waals surface area (Å²) in [6.07, 6.45) is 0. The third-order valence-corrected chi connectivity index (χ3v) is 3.47. The lowest BCUT2D eigenvalue weighted by Gasteiger charge is -2.16. The third kappa shape index (κ3) is 5.31. The first-order valence-corrected chi connectivity index (χ1v) is 7.65. The fourth-order valence-corrected chi connectivity index (χ4v) is 2.32. The number of nitrogens with zero attached hydrogens (tertiary/aromatic N) is 1. The fourth-order valence-electron chi connectivity index (χ4n) is 2.32. The molecule has 2 rings (SSSR count). The van der Waals surface area contributed by atoms with Crippen LogP contribution >= 0.6 is 0 Å². The summed E-state index contributed by atoms with van der Waals surface area (Å²) in [5, 5.41) is 8.85. The lowest BCUT2D eigenvalue weighted by molar-refractivity contribution is -0.0389. The smallest absolute Gasteiger partial charge is 0.457 e. The van der Waals surface area contributed by atoms with Crippen LogP contribution < -0.4 is 10.2 Å². The zero-order chi connectivity index (χ0) is 18.1. The minimum absolute atomic E-state index is 0.185. The van der Waals surface area contributed by atoms with Gasteiger partial charge in [0.25, 0.3) is 0 Å². The van der Waals surface area contributed by atoms with E-state index in [1.807, 2.05) is 18.2 Å². The minimum atomic E-state index is -0.495. The van der Waals surface area contributed by atoms with Gasteiger partial charge < -0.3 is 23.5 Å². The Bertz CT molecular complexity index is 710. The predicted molar refractivity (Wildman–Crippen MR) is 93.7 cm³/mol. The highest BCUT2D eigenvalue weighted by atomic mass is 16.7. The zero-order valence-corrected chi connectivity index (χ0v) is 14.5. The van der Waals surface area contributed by atoms with Crippen molar-refractivity contribution in [3.63, 3.8) is 0 Å². The average molecular weight is 341 g/mol. The van der Waals surface area contributed by atoms with E-state index in [0.717, 1.165) is 11.0 Å². The summed E-state index contributed by atoms with van der Waals surface area (Å²) >= 11 is 0. The van der Waals surface area contributed by atoms with Gasteiger partial charge in [-0.1, -0.05) is 6.07 Å². The summed E-state index contributed by atoms with van der Waals surface area (Å²) in [4.78, 5) is 0. The number of benzene rings is 2. The van der Waals surface area contributed by atoms with E-state index in [-0.39, 0.29) is 6.79 Å². The van der Waals surface area contributed by atoms with Crippen LogP contribution in [0.4, 0.5) is 0 Å². The number of methoxy groups -OCH3 is 1. The third-order valence-electron chi connectivity index (χ3n) is 3.47. The lowest BCUT2D eigenvalue weighted by Crippen LogP contribution is -2.37. The number of nitriles is 1. The molecule has 0 spiro atoms. The Morgan fingerprint density at radius 1 is 0.960 bits per heavy atom. The summed E-state index contributed by atoms with van der Waals surface area (Å²) in [6, 6.07) is 14.6. The molecule has 0 aliphatic rings. The van der Waals surface area contributed by atoms with E-state index >= 15 is 0 Å². The zero-order valence-electron chi connectivity index (χ0n) is 14.5. The highest BCUT2D eigenvalue weighted by Gasteiger charge is 2.22. The van der Waals surface area contributed by atoms with Gasteiger partial charge in [0.1, 0.15) is 18.3 Å². The molecule has 2 aromatic carbocycles. The second kappa shape index (κ2) is 9.82. The Balaban J connectivity index is 2.23. The van der Waals surface area contributed by atoms with Gasteiger partial charge in [0.2, 0.25) is 0 Å². The normalized spacial score (nSPS) is 10.3. The molecule has 7 heteroatoms. The largest absolute Gasteiger partial charge is 0.493 e. The molecule has 0 N–H and O–H groups in total. The second-order valence-corrected chi connectivity index (χ2v) is 5.16. The molecule has 0 fully saturated rings. The molecule has 2 aromatic rings. The van der Waals surface area contributed by atoms with Crippen LogP contribution in [-0.2, 0) is 25.4 Å². The average Bonchev–Trinajstić information content (AvgIpc) is 2.65. The molecule has 0 aliphatic heterocycles. The number of hydrogen-bond acceptors (Lipinski definition) is 6. The predicted octanol–water partition coefficient (Wildman–Crippen LogP) is 2.46. The molecule has 0 atom stereocenters.